The Hall–Kier alpha value is -0.450. The molecule has 2 atom stereocenters. The van der Waals surface area contributed by atoms with E-state index in [9.17, 15) is 0 Å². The second kappa shape index (κ2) is 5.05. The zero-order valence-corrected chi connectivity index (χ0v) is 10.1. The maximum absolute atomic E-state index is 5.74. The molecule has 4 heteroatoms. The Kier molecular flexibility index (Phi) is 3.72. The predicted molar refractivity (Wildman–Crippen MR) is 62.1 cm³/mol. The molecule has 1 aromatic heterocycles. The molecule has 1 aromatic rings. The molecule has 1 saturated heterocycles. The molecule has 15 heavy (non-hydrogen) atoms. The van der Waals surface area contributed by atoms with Crippen LogP contribution in [0, 0.1) is 0 Å². The van der Waals surface area contributed by atoms with E-state index in [0.29, 0.717) is 12.1 Å². The lowest BCUT2D eigenvalue weighted by Gasteiger charge is -2.24. The van der Waals surface area contributed by atoms with Crippen LogP contribution >= 0.6 is 11.3 Å². The molecule has 0 aliphatic carbocycles. The van der Waals surface area contributed by atoms with Crippen LogP contribution in [0.15, 0.2) is 11.6 Å². The molecule has 0 aromatic carbocycles. The first-order valence-corrected chi connectivity index (χ1v) is 6.42. The van der Waals surface area contributed by atoms with Gasteiger partial charge in [0, 0.05) is 24.2 Å². The van der Waals surface area contributed by atoms with Gasteiger partial charge in [0.15, 0.2) is 0 Å². The van der Waals surface area contributed by atoms with Gasteiger partial charge >= 0.3 is 0 Å². The molecule has 0 bridgehead atoms. The Morgan fingerprint density at radius 3 is 3.00 bits per heavy atom. The highest BCUT2D eigenvalue weighted by molar-refractivity contribution is 7.09. The minimum Gasteiger partial charge on any atom is -0.376 e. The second-order valence-corrected chi connectivity index (χ2v) is 5.15. The average Bonchev–Trinajstić information content (AvgIpc) is 2.87. The summed E-state index contributed by atoms with van der Waals surface area (Å²) in [7, 11) is 0. The van der Waals surface area contributed by atoms with Gasteiger partial charge in [-0.05, 0) is 12.8 Å². The lowest BCUT2D eigenvalue weighted by atomic mass is 10.1. The van der Waals surface area contributed by atoms with Crippen LogP contribution in [0.25, 0.3) is 0 Å². The normalized spacial score (nSPS) is 23.5. The zero-order valence-electron chi connectivity index (χ0n) is 9.27. The molecule has 0 saturated carbocycles. The second-order valence-electron chi connectivity index (χ2n) is 4.22. The number of aromatic nitrogens is 1. The molecule has 0 amide bonds. The lowest BCUT2D eigenvalue weighted by Crippen LogP contribution is -2.35. The van der Waals surface area contributed by atoms with E-state index in [2.05, 4.69) is 24.1 Å². The Morgan fingerprint density at radius 1 is 1.60 bits per heavy atom. The number of nitrogens with one attached hydrogen (secondary N) is 1. The number of thiazole rings is 1. The van der Waals surface area contributed by atoms with Gasteiger partial charge in [0.05, 0.1) is 12.1 Å². The average molecular weight is 226 g/mol. The van der Waals surface area contributed by atoms with E-state index < -0.39 is 0 Å². The fourth-order valence-corrected chi connectivity index (χ4v) is 2.70. The zero-order chi connectivity index (χ0) is 10.7. The molecule has 0 radical (unpaired) electrons. The van der Waals surface area contributed by atoms with Crippen molar-refractivity contribution in [1.82, 2.24) is 10.3 Å². The summed E-state index contributed by atoms with van der Waals surface area (Å²) in [6.45, 7) is 5.22. The Bertz CT molecular complexity index is 281. The van der Waals surface area contributed by atoms with Gasteiger partial charge in [0.1, 0.15) is 5.01 Å². The third-order valence-corrected chi connectivity index (χ3v) is 3.43. The molecular weight excluding hydrogens is 208 g/mol. The quantitative estimate of drug-likeness (QED) is 0.856. The van der Waals surface area contributed by atoms with Crippen molar-refractivity contribution in [3.05, 3.63) is 16.6 Å². The van der Waals surface area contributed by atoms with Crippen molar-refractivity contribution in [1.29, 1.82) is 0 Å². The molecule has 1 fully saturated rings. The monoisotopic (exact) mass is 226 g/mol. The van der Waals surface area contributed by atoms with Crippen molar-refractivity contribution in [3.8, 4) is 0 Å². The van der Waals surface area contributed by atoms with Crippen molar-refractivity contribution in [2.45, 2.75) is 44.9 Å². The highest BCUT2D eigenvalue weighted by atomic mass is 32.1. The SMILES string of the molecule is CC(C)NC(c1nccs1)C1CCCO1. The minimum absolute atomic E-state index is 0.271. The summed E-state index contributed by atoms with van der Waals surface area (Å²) in [4.78, 5) is 4.39. The molecule has 1 aliphatic rings. The van der Waals surface area contributed by atoms with Crippen molar-refractivity contribution in [2.75, 3.05) is 6.61 Å². The smallest absolute Gasteiger partial charge is 0.112 e. The van der Waals surface area contributed by atoms with Crippen LogP contribution in [-0.4, -0.2) is 23.7 Å². The summed E-state index contributed by atoms with van der Waals surface area (Å²) in [5, 5.41) is 6.72. The molecule has 2 rings (SSSR count). The third kappa shape index (κ3) is 2.77. The highest BCUT2D eigenvalue weighted by Crippen LogP contribution is 2.28. The van der Waals surface area contributed by atoms with Crippen molar-refractivity contribution < 1.29 is 4.74 Å². The van der Waals surface area contributed by atoms with Gasteiger partial charge in [0.2, 0.25) is 0 Å². The molecule has 1 aliphatic heterocycles. The first-order chi connectivity index (χ1) is 7.27. The van der Waals surface area contributed by atoms with E-state index in [1.807, 2.05) is 11.6 Å². The number of nitrogens with zero attached hydrogens (tertiary/aromatic N) is 1. The Morgan fingerprint density at radius 2 is 2.47 bits per heavy atom. The van der Waals surface area contributed by atoms with Crippen LogP contribution in [0.1, 0.15) is 37.7 Å². The molecular formula is C11H18N2OS. The maximum Gasteiger partial charge on any atom is 0.112 e. The van der Waals surface area contributed by atoms with Crippen LogP contribution in [0.2, 0.25) is 0 Å². The van der Waals surface area contributed by atoms with E-state index in [1.54, 1.807) is 11.3 Å². The summed E-state index contributed by atoms with van der Waals surface area (Å²) in [6, 6.07) is 0.732. The maximum atomic E-state index is 5.74. The molecule has 2 unspecified atom stereocenters. The van der Waals surface area contributed by atoms with E-state index in [4.69, 9.17) is 4.74 Å². The van der Waals surface area contributed by atoms with E-state index in [1.165, 1.54) is 6.42 Å². The van der Waals surface area contributed by atoms with Gasteiger partial charge in [0.25, 0.3) is 0 Å². The molecule has 84 valence electrons. The summed E-state index contributed by atoms with van der Waals surface area (Å²) >= 11 is 1.71. The third-order valence-electron chi connectivity index (χ3n) is 2.57. The predicted octanol–water partition coefficient (Wildman–Crippen LogP) is 2.36. The van der Waals surface area contributed by atoms with Gasteiger partial charge in [-0.2, -0.15) is 0 Å². The lowest BCUT2D eigenvalue weighted by molar-refractivity contribution is 0.0753. The molecule has 1 N–H and O–H groups in total. The number of ether oxygens (including phenoxy) is 1. The van der Waals surface area contributed by atoms with Crippen LogP contribution < -0.4 is 5.32 Å². The number of hydrogen-bond acceptors (Lipinski definition) is 4. The van der Waals surface area contributed by atoms with Gasteiger partial charge in [-0.1, -0.05) is 13.8 Å². The van der Waals surface area contributed by atoms with E-state index in [-0.39, 0.29) is 6.04 Å². The van der Waals surface area contributed by atoms with E-state index in [0.717, 1.165) is 18.0 Å². The topological polar surface area (TPSA) is 34.2 Å². The molecule has 3 nitrogen and oxygen atoms in total. The molecule has 0 spiro atoms. The molecule has 2 heterocycles. The van der Waals surface area contributed by atoms with Crippen molar-refractivity contribution in [2.24, 2.45) is 0 Å². The minimum atomic E-state index is 0.271. The Balaban J connectivity index is 2.08. The van der Waals surface area contributed by atoms with E-state index >= 15 is 0 Å². The first kappa shape index (κ1) is 11.0. The number of rotatable bonds is 4. The number of hydrogen-bond donors (Lipinski definition) is 1. The fourth-order valence-electron chi connectivity index (χ4n) is 1.95. The van der Waals surface area contributed by atoms with Crippen LogP contribution in [0.3, 0.4) is 0 Å². The largest absolute Gasteiger partial charge is 0.376 e. The summed E-state index contributed by atoms with van der Waals surface area (Å²) in [6.07, 6.45) is 4.49. The van der Waals surface area contributed by atoms with Gasteiger partial charge in [-0.15, -0.1) is 11.3 Å². The standard InChI is InChI=1S/C11H18N2OS/c1-8(2)13-10(9-4-3-6-14-9)11-12-5-7-15-11/h5,7-10,13H,3-4,6H2,1-2H3. The highest BCUT2D eigenvalue weighted by Gasteiger charge is 2.29. The van der Waals surface area contributed by atoms with Crippen LogP contribution in [0.4, 0.5) is 0 Å². The van der Waals surface area contributed by atoms with Gasteiger partial charge in [-0.25, -0.2) is 4.98 Å². The summed E-state index contributed by atoms with van der Waals surface area (Å²) < 4.78 is 5.74. The Labute approximate surface area is 94.9 Å². The fraction of sp³-hybridized carbons (Fsp3) is 0.727. The summed E-state index contributed by atoms with van der Waals surface area (Å²) in [5.41, 5.74) is 0. The van der Waals surface area contributed by atoms with Crippen molar-refractivity contribution >= 4 is 11.3 Å². The summed E-state index contributed by atoms with van der Waals surface area (Å²) in [5.74, 6) is 0. The van der Waals surface area contributed by atoms with Crippen molar-refractivity contribution in [3.63, 3.8) is 0 Å². The first-order valence-electron chi connectivity index (χ1n) is 5.54. The van der Waals surface area contributed by atoms with Gasteiger partial charge < -0.3 is 10.1 Å². The van der Waals surface area contributed by atoms with Crippen LogP contribution in [-0.2, 0) is 4.74 Å². The van der Waals surface area contributed by atoms with Crippen LogP contribution in [0.5, 0.6) is 0 Å². The van der Waals surface area contributed by atoms with Gasteiger partial charge in [-0.3, -0.25) is 0 Å².